The highest BCUT2D eigenvalue weighted by molar-refractivity contribution is 8.14. The molecule has 4 rings (SSSR count). The van der Waals surface area contributed by atoms with E-state index in [-0.39, 0.29) is 12.5 Å². The van der Waals surface area contributed by atoms with Crippen LogP contribution in [-0.4, -0.2) is 29.1 Å². The first kappa shape index (κ1) is 16.0. The largest absolute Gasteiger partial charge is 0.482 e. The average molecular weight is 373 g/mol. The summed E-state index contributed by atoms with van der Waals surface area (Å²) in [5.74, 6) is 1.18. The van der Waals surface area contributed by atoms with E-state index in [0.717, 1.165) is 17.0 Å². The minimum atomic E-state index is -0.154. The minimum absolute atomic E-state index is 0.0496. The summed E-state index contributed by atoms with van der Waals surface area (Å²) >= 11 is 7.52. The van der Waals surface area contributed by atoms with Crippen LogP contribution >= 0.6 is 23.4 Å². The number of anilines is 1. The van der Waals surface area contributed by atoms with E-state index in [0.29, 0.717) is 27.4 Å². The lowest BCUT2D eigenvalue weighted by Gasteiger charge is -2.20. The molecular formula is C17H13ClN4O2S. The average Bonchev–Trinajstić information content (AvgIpc) is 2.62. The number of amidine groups is 1. The predicted octanol–water partition coefficient (Wildman–Crippen LogP) is 3.40. The van der Waals surface area contributed by atoms with Crippen molar-refractivity contribution in [2.45, 2.75) is 0 Å². The molecular weight excluding hydrogens is 360 g/mol. The molecule has 0 saturated heterocycles. The van der Waals surface area contributed by atoms with Gasteiger partial charge in [-0.1, -0.05) is 29.4 Å². The Morgan fingerprint density at radius 3 is 2.96 bits per heavy atom. The smallest absolute Gasteiger partial charge is 0.262 e. The first-order valence-corrected chi connectivity index (χ1v) is 8.90. The molecule has 2 heterocycles. The van der Waals surface area contributed by atoms with Crippen molar-refractivity contribution in [3.05, 3.63) is 53.1 Å². The zero-order valence-corrected chi connectivity index (χ0v) is 14.5. The van der Waals surface area contributed by atoms with Gasteiger partial charge in [0.1, 0.15) is 5.75 Å². The molecule has 0 radical (unpaired) electrons. The number of hydrogen-bond donors (Lipinski definition) is 2. The molecule has 2 aromatic rings. The third-order valence-electron chi connectivity index (χ3n) is 3.62. The molecule has 0 saturated carbocycles. The second-order valence-electron chi connectivity index (χ2n) is 5.40. The van der Waals surface area contributed by atoms with Gasteiger partial charge in [-0.05, 0) is 36.4 Å². The number of nitrogens with one attached hydrogen (secondary N) is 2. The van der Waals surface area contributed by atoms with Crippen LogP contribution in [0.3, 0.4) is 0 Å². The van der Waals surface area contributed by atoms with Crippen molar-refractivity contribution >= 4 is 51.5 Å². The predicted molar refractivity (Wildman–Crippen MR) is 101 cm³/mol. The molecule has 0 atom stereocenters. The van der Waals surface area contributed by atoms with Gasteiger partial charge < -0.3 is 10.1 Å². The van der Waals surface area contributed by atoms with Crippen molar-refractivity contribution in [1.29, 1.82) is 0 Å². The Bertz CT molecular complexity index is 913. The van der Waals surface area contributed by atoms with Gasteiger partial charge in [-0.15, -0.1) is 0 Å². The third-order valence-corrected chi connectivity index (χ3v) is 4.73. The number of nitrogens with zero attached hydrogens (tertiary/aromatic N) is 2. The topological polar surface area (TPSA) is 75.1 Å². The van der Waals surface area contributed by atoms with Crippen molar-refractivity contribution in [2.24, 2.45) is 10.1 Å². The first-order chi connectivity index (χ1) is 12.2. The lowest BCUT2D eigenvalue weighted by atomic mass is 10.1. The number of ether oxygens (including phenoxy) is 1. The molecule has 2 N–H and O–H groups in total. The van der Waals surface area contributed by atoms with Crippen LogP contribution in [0.25, 0.3) is 0 Å². The fraction of sp³-hybridized carbons (Fsp3) is 0.118. The Balaban J connectivity index is 1.53. The highest BCUT2D eigenvalue weighted by atomic mass is 35.5. The molecule has 0 fully saturated rings. The molecule has 2 aromatic carbocycles. The number of benzene rings is 2. The van der Waals surface area contributed by atoms with Gasteiger partial charge in [-0.3, -0.25) is 10.2 Å². The van der Waals surface area contributed by atoms with E-state index < -0.39 is 0 Å². The molecule has 126 valence electrons. The summed E-state index contributed by atoms with van der Waals surface area (Å²) in [4.78, 5) is 15.9. The number of hydrogen-bond acceptors (Lipinski definition) is 5. The quantitative estimate of drug-likeness (QED) is 0.847. The number of carbonyl (C=O) groups is 1. The van der Waals surface area contributed by atoms with Crippen LogP contribution in [0, 0.1) is 0 Å². The molecule has 0 aromatic heterocycles. The molecule has 0 unspecified atom stereocenters. The van der Waals surface area contributed by atoms with Crippen LogP contribution in [-0.2, 0) is 4.79 Å². The van der Waals surface area contributed by atoms with E-state index >= 15 is 0 Å². The van der Waals surface area contributed by atoms with Crippen molar-refractivity contribution < 1.29 is 9.53 Å². The number of aliphatic imine (C=N–C) groups is 1. The van der Waals surface area contributed by atoms with Crippen molar-refractivity contribution in [1.82, 2.24) is 5.43 Å². The Morgan fingerprint density at radius 1 is 1.24 bits per heavy atom. The summed E-state index contributed by atoms with van der Waals surface area (Å²) in [5, 5.41) is 8.55. The van der Waals surface area contributed by atoms with E-state index in [9.17, 15) is 4.79 Å². The van der Waals surface area contributed by atoms with Gasteiger partial charge in [0.2, 0.25) is 0 Å². The SMILES string of the molecule is O=C1COc2ccc(C3=NNC(=Nc4cccc(Cl)c4)SC3)cc2N1. The summed E-state index contributed by atoms with van der Waals surface area (Å²) in [6.07, 6.45) is 0. The maximum atomic E-state index is 11.4. The maximum absolute atomic E-state index is 11.4. The van der Waals surface area contributed by atoms with Gasteiger partial charge >= 0.3 is 0 Å². The lowest BCUT2D eigenvalue weighted by Crippen LogP contribution is -2.27. The van der Waals surface area contributed by atoms with Gasteiger partial charge in [0.05, 0.1) is 17.1 Å². The Kier molecular flexibility index (Phi) is 4.33. The lowest BCUT2D eigenvalue weighted by molar-refractivity contribution is -0.118. The molecule has 2 aliphatic heterocycles. The molecule has 0 spiro atoms. The number of thioether (sulfide) groups is 1. The van der Waals surface area contributed by atoms with Crippen LogP contribution in [0.4, 0.5) is 11.4 Å². The summed E-state index contributed by atoms with van der Waals surface area (Å²) < 4.78 is 5.37. The highest BCUT2D eigenvalue weighted by Gasteiger charge is 2.19. The third kappa shape index (κ3) is 3.62. The van der Waals surface area contributed by atoms with E-state index in [4.69, 9.17) is 16.3 Å². The Hall–Kier alpha value is -2.51. The molecule has 25 heavy (non-hydrogen) atoms. The van der Waals surface area contributed by atoms with Gasteiger partial charge in [0.15, 0.2) is 11.8 Å². The fourth-order valence-corrected chi connectivity index (χ4v) is 3.42. The van der Waals surface area contributed by atoms with E-state index in [1.54, 1.807) is 17.8 Å². The van der Waals surface area contributed by atoms with Gasteiger partial charge in [0.25, 0.3) is 5.91 Å². The Morgan fingerprint density at radius 2 is 2.16 bits per heavy atom. The minimum Gasteiger partial charge on any atom is -0.482 e. The normalized spacial score (nSPS) is 17.9. The van der Waals surface area contributed by atoms with E-state index in [1.165, 1.54) is 0 Å². The number of rotatable bonds is 2. The summed E-state index contributed by atoms with van der Waals surface area (Å²) in [5.41, 5.74) is 6.20. The summed E-state index contributed by atoms with van der Waals surface area (Å²) in [6, 6.07) is 13.0. The summed E-state index contributed by atoms with van der Waals surface area (Å²) in [7, 11) is 0. The summed E-state index contributed by atoms with van der Waals surface area (Å²) in [6.45, 7) is 0.0496. The maximum Gasteiger partial charge on any atom is 0.262 e. The van der Waals surface area contributed by atoms with E-state index in [1.807, 2.05) is 36.4 Å². The molecule has 6 nitrogen and oxygen atoms in total. The highest BCUT2D eigenvalue weighted by Crippen LogP contribution is 2.29. The monoisotopic (exact) mass is 372 g/mol. The van der Waals surface area contributed by atoms with Crippen molar-refractivity contribution in [2.75, 3.05) is 17.7 Å². The Labute approximate surface area is 153 Å². The van der Waals surface area contributed by atoms with Crippen LogP contribution in [0.15, 0.2) is 52.6 Å². The van der Waals surface area contributed by atoms with Crippen LogP contribution in [0.1, 0.15) is 5.56 Å². The zero-order valence-electron chi connectivity index (χ0n) is 13.0. The second-order valence-corrected chi connectivity index (χ2v) is 6.80. The first-order valence-electron chi connectivity index (χ1n) is 7.54. The number of halogens is 1. The second kappa shape index (κ2) is 6.78. The van der Waals surface area contributed by atoms with Crippen molar-refractivity contribution in [3.8, 4) is 5.75 Å². The molecule has 0 aliphatic carbocycles. The number of amides is 1. The molecule has 1 amide bonds. The number of hydrazone groups is 1. The number of fused-ring (bicyclic) bond motifs is 1. The van der Waals surface area contributed by atoms with Crippen LogP contribution in [0.5, 0.6) is 5.75 Å². The fourth-order valence-electron chi connectivity index (χ4n) is 2.45. The van der Waals surface area contributed by atoms with Crippen molar-refractivity contribution in [3.63, 3.8) is 0 Å². The van der Waals surface area contributed by atoms with Gasteiger partial charge in [0, 0.05) is 16.3 Å². The molecule has 8 heteroatoms. The molecule has 0 bridgehead atoms. The number of carbonyl (C=O) groups excluding carboxylic acids is 1. The van der Waals surface area contributed by atoms with Crippen LogP contribution in [0.2, 0.25) is 5.02 Å². The van der Waals surface area contributed by atoms with E-state index in [2.05, 4.69) is 20.8 Å². The van der Waals surface area contributed by atoms with Gasteiger partial charge in [-0.25, -0.2) is 4.99 Å². The zero-order chi connectivity index (χ0) is 17.2. The standard InChI is InChI=1S/C17H13ClN4O2S/c18-11-2-1-3-12(7-11)19-17-22-21-14(9-25-17)10-4-5-15-13(6-10)20-16(23)8-24-15/h1-7H,8-9H2,(H,19,22)(H,20,23). The van der Waals surface area contributed by atoms with Crippen LogP contribution < -0.4 is 15.5 Å². The molecule has 2 aliphatic rings. The van der Waals surface area contributed by atoms with Gasteiger partial charge in [-0.2, -0.15) is 5.10 Å².